The maximum atomic E-state index is 10.7. The minimum atomic E-state index is -0.439. The van der Waals surface area contributed by atoms with Crippen LogP contribution in [0.15, 0.2) is 18.5 Å². The molecule has 1 aromatic rings. The number of nitrogens with zero attached hydrogens (tertiary/aromatic N) is 2. The molecule has 5 rings (SSSR count). The summed E-state index contributed by atoms with van der Waals surface area (Å²) in [7, 11) is 0. The first-order valence-electron chi connectivity index (χ1n) is 13.2. The highest BCUT2D eigenvalue weighted by Crippen LogP contribution is 2.68. The van der Waals surface area contributed by atoms with Gasteiger partial charge in [-0.05, 0) is 129 Å². The SMILES string of the molecule is C[C@H](Cc1cncc(C#N)c1)C1CC[C@H]2[C@@H]3CC[C@@H]4C[C@](C)(O)CC[C@]4(C)[C@H]3CC[C@]12C. The monoisotopic (exact) mass is 434 g/mol. The van der Waals surface area contributed by atoms with Crippen LogP contribution >= 0.6 is 0 Å². The smallest absolute Gasteiger partial charge is 0.101 e. The number of aromatic nitrogens is 1. The second-order valence-electron chi connectivity index (χ2n) is 13.0. The maximum absolute atomic E-state index is 10.7. The van der Waals surface area contributed by atoms with Gasteiger partial charge in [-0.1, -0.05) is 20.8 Å². The molecule has 1 N–H and O–H groups in total. The summed E-state index contributed by atoms with van der Waals surface area (Å²) >= 11 is 0. The minimum absolute atomic E-state index is 0.439. The molecular weight excluding hydrogens is 392 g/mol. The maximum Gasteiger partial charge on any atom is 0.101 e. The van der Waals surface area contributed by atoms with Gasteiger partial charge in [-0.25, -0.2) is 0 Å². The second-order valence-corrected chi connectivity index (χ2v) is 13.0. The van der Waals surface area contributed by atoms with Crippen LogP contribution in [0.3, 0.4) is 0 Å². The molecule has 0 bridgehead atoms. The highest BCUT2D eigenvalue weighted by molar-refractivity contribution is 5.29. The van der Waals surface area contributed by atoms with E-state index < -0.39 is 5.60 Å². The van der Waals surface area contributed by atoms with E-state index in [1.54, 1.807) is 6.20 Å². The zero-order valence-corrected chi connectivity index (χ0v) is 20.6. The Hall–Kier alpha value is -1.40. The van der Waals surface area contributed by atoms with E-state index in [0.29, 0.717) is 28.2 Å². The molecule has 3 nitrogen and oxygen atoms in total. The van der Waals surface area contributed by atoms with Gasteiger partial charge >= 0.3 is 0 Å². The first-order valence-corrected chi connectivity index (χ1v) is 13.2. The van der Waals surface area contributed by atoms with Crippen LogP contribution in [0.5, 0.6) is 0 Å². The predicted molar refractivity (Wildman–Crippen MR) is 128 cm³/mol. The topological polar surface area (TPSA) is 56.9 Å². The fourth-order valence-electron chi connectivity index (χ4n) is 9.58. The first-order chi connectivity index (χ1) is 15.2. The number of pyridine rings is 1. The van der Waals surface area contributed by atoms with Gasteiger partial charge in [0.25, 0.3) is 0 Å². The normalized spacial score (nSPS) is 46.4. The van der Waals surface area contributed by atoms with Gasteiger partial charge < -0.3 is 5.11 Å². The van der Waals surface area contributed by atoms with Gasteiger partial charge in [-0.2, -0.15) is 5.26 Å². The number of aliphatic hydroxyl groups is 1. The Morgan fingerprint density at radius 3 is 2.59 bits per heavy atom. The third kappa shape index (κ3) is 3.53. The van der Waals surface area contributed by atoms with Crippen LogP contribution in [0, 0.1) is 57.7 Å². The number of hydrogen-bond donors (Lipinski definition) is 1. The lowest BCUT2D eigenvalue weighted by Gasteiger charge is -2.62. The van der Waals surface area contributed by atoms with Crippen molar-refractivity contribution in [3.63, 3.8) is 0 Å². The molecule has 0 saturated heterocycles. The Morgan fingerprint density at radius 1 is 1.03 bits per heavy atom. The standard InChI is InChI=1S/C29H42N2O/c1-19(13-20-14-21(16-30)18-31-17-20)24-7-8-25-23-6-5-22-15-27(2,32)11-12-28(22,3)26(23)9-10-29(24,25)4/h14,17-19,22-26,32H,5-13,15H2,1-4H3/t19-,22-,23+,24?,25+,26+,27-,28+,29-/m1/s1. The molecule has 4 aliphatic carbocycles. The molecule has 4 saturated carbocycles. The highest BCUT2D eigenvalue weighted by Gasteiger charge is 2.61. The molecule has 0 radical (unpaired) electrons. The van der Waals surface area contributed by atoms with Gasteiger partial charge in [0, 0.05) is 12.4 Å². The summed E-state index contributed by atoms with van der Waals surface area (Å²) < 4.78 is 0. The molecule has 0 aliphatic heterocycles. The number of hydrogen-bond acceptors (Lipinski definition) is 3. The number of rotatable bonds is 3. The fraction of sp³-hybridized carbons (Fsp3) is 0.793. The molecule has 0 amide bonds. The Balaban J connectivity index is 1.33. The van der Waals surface area contributed by atoms with Crippen molar-refractivity contribution in [2.45, 2.75) is 97.5 Å². The van der Waals surface area contributed by atoms with Gasteiger partial charge in [0.05, 0.1) is 11.2 Å². The van der Waals surface area contributed by atoms with Crippen molar-refractivity contribution in [3.05, 3.63) is 29.6 Å². The van der Waals surface area contributed by atoms with Crippen LogP contribution in [0.1, 0.15) is 96.6 Å². The summed E-state index contributed by atoms with van der Waals surface area (Å²) in [5, 5.41) is 20.0. The van der Waals surface area contributed by atoms with Gasteiger partial charge in [0.1, 0.15) is 6.07 Å². The van der Waals surface area contributed by atoms with Crippen molar-refractivity contribution >= 4 is 0 Å². The van der Waals surface area contributed by atoms with Gasteiger partial charge in [0.15, 0.2) is 0 Å². The van der Waals surface area contributed by atoms with E-state index >= 15 is 0 Å². The predicted octanol–water partition coefficient (Wildman–Crippen LogP) is 6.54. The van der Waals surface area contributed by atoms with Crippen molar-refractivity contribution in [2.24, 2.45) is 46.3 Å². The van der Waals surface area contributed by atoms with Crippen molar-refractivity contribution < 1.29 is 5.11 Å². The zero-order chi connectivity index (χ0) is 22.7. The summed E-state index contributed by atoms with van der Waals surface area (Å²) in [6.07, 6.45) is 16.1. The number of fused-ring (bicyclic) bond motifs is 5. The zero-order valence-electron chi connectivity index (χ0n) is 20.6. The molecule has 4 aliphatic rings. The Bertz CT molecular complexity index is 903. The van der Waals surface area contributed by atoms with Crippen molar-refractivity contribution in [1.82, 2.24) is 4.98 Å². The summed E-state index contributed by atoms with van der Waals surface area (Å²) in [6.45, 7) is 9.75. The molecule has 3 heteroatoms. The lowest BCUT2D eigenvalue weighted by Crippen LogP contribution is -2.55. The Labute approximate surface area is 195 Å². The van der Waals surface area contributed by atoms with Crippen LogP contribution in [-0.4, -0.2) is 15.7 Å². The van der Waals surface area contributed by atoms with Crippen molar-refractivity contribution in [2.75, 3.05) is 0 Å². The quantitative estimate of drug-likeness (QED) is 0.587. The average molecular weight is 435 g/mol. The van der Waals surface area contributed by atoms with Gasteiger partial charge in [-0.3, -0.25) is 4.98 Å². The molecule has 32 heavy (non-hydrogen) atoms. The van der Waals surface area contributed by atoms with Crippen molar-refractivity contribution in [3.8, 4) is 6.07 Å². The lowest BCUT2D eigenvalue weighted by atomic mass is 9.43. The molecule has 174 valence electrons. The van der Waals surface area contributed by atoms with E-state index in [9.17, 15) is 10.4 Å². The van der Waals surface area contributed by atoms with E-state index in [1.165, 1.54) is 50.5 Å². The van der Waals surface area contributed by atoms with Gasteiger partial charge in [-0.15, -0.1) is 0 Å². The Kier molecular flexibility index (Phi) is 5.48. The second kappa shape index (κ2) is 7.83. The summed E-state index contributed by atoms with van der Waals surface area (Å²) in [5.74, 6) is 4.75. The third-order valence-corrected chi connectivity index (χ3v) is 11.2. The van der Waals surface area contributed by atoms with Crippen LogP contribution in [0.2, 0.25) is 0 Å². The van der Waals surface area contributed by atoms with Gasteiger partial charge in [0.2, 0.25) is 0 Å². The van der Waals surface area contributed by atoms with E-state index in [1.807, 2.05) is 12.3 Å². The largest absolute Gasteiger partial charge is 0.390 e. The summed E-state index contributed by atoms with van der Waals surface area (Å²) in [6, 6.07) is 4.28. The fourth-order valence-corrected chi connectivity index (χ4v) is 9.58. The van der Waals surface area contributed by atoms with Crippen molar-refractivity contribution in [1.29, 1.82) is 5.26 Å². The molecule has 0 spiro atoms. The molecular formula is C29H42N2O. The molecule has 4 fully saturated rings. The van der Waals surface area contributed by atoms with E-state index in [0.717, 1.165) is 42.9 Å². The average Bonchev–Trinajstić information content (AvgIpc) is 3.11. The van der Waals surface area contributed by atoms with E-state index in [-0.39, 0.29) is 0 Å². The summed E-state index contributed by atoms with van der Waals surface area (Å²) in [5.41, 5.74) is 2.37. The van der Waals surface area contributed by atoms with Crippen LogP contribution < -0.4 is 0 Å². The molecule has 0 aromatic carbocycles. The van der Waals surface area contributed by atoms with Crippen LogP contribution in [0.25, 0.3) is 0 Å². The lowest BCUT2D eigenvalue weighted by molar-refractivity contribution is -0.147. The molecule has 1 aromatic heterocycles. The van der Waals surface area contributed by atoms with E-state index in [4.69, 9.17) is 0 Å². The third-order valence-electron chi connectivity index (χ3n) is 11.2. The summed E-state index contributed by atoms with van der Waals surface area (Å²) in [4.78, 5) is 4.30. The first kappa shape index (κ1) is 22.4. The molecule has 1 unspecified atom stereocenters. The van der Waals surface area contributed by atoms with Crippen LogP contribution in [-0.2, 0) is 6.42 Å². The molecule has 9 atom stereocenters. The Morgan fingerprint density at radius 2 is 1.81 bits per heavy atom. The van der Waals surface area contributed by atoms with E-state index in [2.05, 4.69) is 38.7 Å². The minimum Gasteiger partial charge on any atom is -0.390 e. The highest BCUT2D eigenvalue weighted by atomic mass is 16.3. The number of nitriles is 1. The van der Waals surface area contributed by atoms with Crippen LogP contribution in [0.4, 0.5) is 0 Å². The molecule has 1 heterocycles.